The van der Waals surface area contributed by atoms with Gasteiger partial charge in [-0.2, -0.15) is 5.10 Å². The Hall–Kier alpha value is -2.25. The van der Waals surface area contributed by atoms with E-state index in [9.17, 15) is 4.79 Å². The van der Waals surface area contributed by atoms with Crippen LogP contribution in [0.5, 0.6) is 0 Å². The summed E-state index contributed by atoms with van der Waals surface area (Å²) in [7, 11) is 0. The van der Waals surface area contributed by atoms with Crippen LogP contribution in [0.4, 0.5) is 0 Å². The largest absolute Gasteiger partial charge is 0.335 e. The number of pyridine rings is 1. The van der Waals surface area contributed by atoms with Crippen LogP contribution in [0, 0.1) is 0 Å². The highest BCUT2D eigenvalue weighted by molar-refractivity contribution is 5.94. The van der Waals surface area contributed by atoms with Crippen molar-refractivity contribution >= 4 is 5.91 Å². The van der Waals surface area contributed by atoms with Gasteiger partial charge in [-0.25, -0.2) is 0 Å². The van der Waals surface area contributed by atoms with Gasteiger partial charge in [-0.1, -0.05) is 0 Å². The maximum atomic E-state index is 12.8. The van der Waals surface area contributed by atoms with Crippen LogP contribution in [0.1, 0.15) is 27.3 Å². The van der Waals surface area contributed by atoms with E-state index in [4.69, 9.17) is 0 Å². The molecule has 2 aromatic heterocycles. The summed E-state index contributed by atoms with van der Waals surface area (Å²) in [5.74, 6) is 0.0553. The Morgan fingerprint density at radius 1 is 1.17 bits per heavy atom. The lowest BCUT2D eigenvalue weighted by atomic mass is 10.1. The molecule has 0 aromatic carbocycles. The molecular weight excluding hydrogens is 304 g/mol. The number of nitrogens with zero attached hydrogens (tertiary/aromatic N) is 4. The monoisotopic (exact) mass is 326 g/mol. The van der Waals surface area contributed by atoms with Gasteiger partial charge in [-0.3, -0.25) is 19.8 Å². The van der Waals surface area contributed by atoms with E-state index in [1.165, 1.54) is 5.56 Å². The van der Waals surface area contributed by atoms with Gasteiger partial charge in [0, 0.05) is 75.9 Å². The maximum absolute atomic E-state index is 12.8. The second-order valence-corrected chi connectivity index (χ2v) is 6.38. The molecule has 2 aliphatic rings. The quantitative estimate of drug-likeness (QED) is 0.854. The number of H-pyrrole nitrogens is 1. The third-order valence-corrected chi connectivity index (χ3v) is 4.82. The highest BCUT2D eigenvalue weighted by Gasteiger charge is 2.27. The molecule has 0 radical (unpaired) electrons. The minimum atomic E-state index is 0.0553. The third-order valence-electron chi connectivity index (χ3n) is 4.82. The van der Waals surface area contributed by atoms with Gasteiger partial charge in [0.05, 0.1) is 0 Å². The lowest BCUT2D eigenvalue weighted by molar-refractivity contribution is 0.0621. The van der Waals surface area contributed by atoms with Crippen LogP contribution in [-0.2, 0) is 19.5 Å². The molecule has 0 spiro atoms. The number of rotatable bonds is 3. The second kappa shape index (κ2) is 6.70. The lowest BCUT2D eigenvalue weighted by Gasteiger charge is -2.34. The first-order valence-electron chi connectivity index (χ1n) is 8.48. The summed E-state index contributed by atoms with van der Waals surface area (Å²) < 4.78 is 0. The minimum Gasteiger partial charge on any atom is -0.335 e. The molecule has 0 bridgehead atoms. The number of hydrogen-bond donors (Lipinski definition) is 2. The van der Waals surface area contributed by atoms with E-state index in [1.54, 1.807) is 0 Å². The predicted molar refractivity (Wildman–Crippen MR) is 89.4 cm³/mol. The van der Waals surface area contributed by atoms with Crippen LogP contribution in [0.2, 0.25) is 0 Å². The molecule has 0 atom stereocenters. The first-order chi connectivity index (χ1) is 11.8. The van der Waals surface area contributed by atoms with Gasteiger partial charge >= 0.3 is 0 Å². The molecule has 2 aromatic rings. The molecule has 0 saturated carbocycles. The smallest absolute Gasteiger partial charge is 0.274 e. The van der Waals surface area contributed by atoms with Crippen LogP contribution < -0.4 is 5.32 Å². The predicted octanol–water partition coefficient (Wildman–Crippen LogP) is 0.408. The molecular formula is C17H22N6O. The SMILES string of the molecule is O=C(c1n[nH]c2c1CNCC2)N1CCN(Cc2ccncc2)CC1. The van der Waals surface area contributed by atoms with Crippen LogP contribution >= 0.6 is 0 Å². The molecule has 0 aliphatic carbocycles. The molecule has 7 nitrogen and oxygen atoms in total. The van der Waals surface area contributed by atoms with E-state index in [0.29, 0.717) is 5.69 Å². The highest BCUT2D eigenvalue weighted by Crippen LogP contribution is 2.18. The average Bonchev–Trinajstić information content (AvgIpc) is 3.07. The zero-order valence-corrected chi connectivity index (χ0v) is 13.7. The molecule has 4 rings (SSSR count). The van der Waals surface area contributed by atoms with E-state index in [0.717, 1.165) is 63.5 Å². The second-order valence-electron chi connectivity index (χ2n) is 6.38. The van der Waals surface area contributed by atoms with Gasteiger partial charge < -0.3 is 10.2 Å². The van der Waals surface area contributed by atoms with Gasteiger partial charge in [0.2, 0.25) is 0 Å². The van der Waals surface area contributed by atoms with Crippen molar-refractivity contribution in [2.24, 2.45) is 0 Å². The average molecular weight is 326 g/mol. The summed E-state index contributed by atoms with van der Waals surface area (Å²) in [5.41, 5.74) is 4.01. The Bertz CT molecular complexity index is 705. The molecule has 7 heteroatoms. The summed E-state index contributed by atoms with van der Waals surface area (Å²) >= 11 is 0. The first-order valence-corrected chi connectivity index (χ1v) is 8.48. The van der Waals surface area contributed by atoms with E-state index >= 15 is 0 Å². The Kier molecular flexibility index (Phi) is 4.27. The third kappa shape index (κ3) is 3.05. The molecule has 1 amide bonds. The maximum Gasteiger partial charge on any atom is 0.274 e. The molecule has 2 N–H and O–H groups in total. The number of aromatic nitrogens is 3. The Balaban J connectivity index is 1.37. The van der Waals surface area contributed by atoms with Crippen molar-refractivity contribution in [1.29, 1.82) is 0 Å². The van der Waals surface area contributed by atoms with Gasteiger partial charge in [0.1, 0.15) is 0 Å². The van der Waals surface area contributed by atoms with Crippen molar-refractivity contribution in [2.75, 3.05) is 32.7 Å². The van der Waals surface area contributed by atoms with Crippen LogP contribution in [-0.4, -0.2) is 63.6 Å². The van der Waals surface area contributed by atoms with E-state index < -0.39 is 0 Å². The standard InChI is InChI=1S/C17H22N6O/c24-17(16-14-11-19-6-3-15(14)20-21-16)23-9-7-22(8-10-23)12-13-1-4-18-5-2-13/h1-2,4-5,19H,3,6-12H2,(H,20,21). The number of carbonyl (C=O) groups excluding carboxylic acids is 1. The van der Waals surface area contributed by atoms with Crippen LogP contribution in [0.3, 0.4) is 0 Å². The molecule has 24 heavy (non-hydrogen) atoms. The zero-order chi connectivity index (χ0) is 16.4. The molecule has 4 heterocycles. The molecule has 2 aliphatic heterocycles. The Morgan fingerprint density at radius 3 is 2.75 bits per heavy atom. The van der Waals surface area contributed by atoms with Gasteiger partial charge in [0.25, 0.3) is 5.91 Å². The molecule has 1 saturated heterocycles. The lowest BCUT2D eigenvalue weighted by Crippen LogP contribution is -2.48. The van der Waals surface area contributed by atoms with Gasteiger partial charge in [-0.15, -0.1) is 0 Å². The summed E-state index contributed by atoms with van der Waals surface area (Å²) in [5, 5.41) is 10.6. The normalized spacial score (nSPS) is 18.4. The number of nitrogens with one attached hydrogen (secondary N) is 2. The van der Waals surface area contributed by atoms with E-state index in [1.807, 2.05) is 29.4 Å². The van der Waals surface area contributed by atoms with Gasteiger partial charge in [-0.05, 0) is 17.7 Å². The Labute approximate surface area is 141 Å². The van der Waals surface area contributed by atoms with Crippen molar-refractivity contribution in [3.05, 3.63) is 47.0 Å². The highest BCUT2D eigenvalue weighted by atomic mass is 16.2. The number of fused-ring (bicyclic) bond motifs is 1. The first kappa shape index (κ1) is 15.3. The fourth-order valence-electron chi connectivity index (χ4n) is 3.41. The number of piperazine rings is 1. The fraction of sp³-hybridized carbons (Fsp3) is 0.471. The van der Waals surface area contributed by atoms with E-state index in [2.05, 4.69) is 25.4 Å². The van der Waals surface area contributed by atoms with Crippen molar-refractivity contribution in [1.82, 2.24) is 30.3 Å². The van der Waals surface area contributed by atoms with Gasteiger partial charge in [0.15, 0.2) is 5.69 Å². The summed E-state index contributed by atoms with van der Waals surface area (Å²) in [6.07, 6.45) is 4.56. The fourth-order valence-corrected chi connectivity index (χ4v) is 3.41. The zero-order valence-electron chi connectivity index (χ0n) is 13.7. The van der Waals surface area contributed by atoms with Crippen molar-refractivity contribution in [2.45, 2.75) is 19.5 Å². The van der Waals surface area contributed by atoms with Crippen molar-refractivity contribution in [3.8, 4) is 0 Å². The number of carbonyl (C=O) groups is 1. The summed E-state index contributed by atoms with van der Waals surface area (Å²) in [4.78, 5) is 21.1. The van der Waals surface area contributed by atoms with Crippen molar-refractivity contribution in [3.63, 3.8) is 0 Å². The number of amides is 1. The minimum absolute atomic E-state index is 0.0553. The summed E-state index contributed by atoms with van der Waals surface area (Å²) in [6, 6.07) is 4.08. The summed E-state index contributed by atoms with van der Waals surface area (Å²) in [6.45, 7) is 5.85. The molecule has 0 unspecified atom stereocenters. The topological polar surface area (TPSA) is 77.2 Å². The van der Waals surface area contributed by atoms with Crippen molar-refractivity contribution < 1.29 is 4.79 Å². The molecule has 126 valence electrons. The van der Waals surface area contributed by atoms with Crippen LogP contribution in [0.25, 0.3) is 0 Å². The number of aromatic amines is 1. The Morgan fingerprint density at radius 2 is 1.96 bits per heavy atom. The number of hydrogen-bond acceptors (Lipinski definition) is 5. The molecule has 1 fully saturated rings. The van der Waals surface area contributed by atoms with E-state index in [-0.39, 0.29) is 5.91 Å². The van der Waals surface area contributed by atoms with Crippen LogP contribution in [0.15, 0.2) is 24.5 Å².